The van der Waals surface area contributed by atoms with Gasteiger partial charge in [0.2, 0.25) is 0 Å². The number of hydrogen-bond acceptors (Lipinski definition) is 2. The Labute approximate surface area is 113 Å². The Bertz CT molecular complexity index is 389. The molecule has 1 aromatic rings. The Morgan fingerprint density at radius 3 is 2.72 bits per heavy atom. The predicted molar refractivity (Wildman–Crippen MR) is 73.3 cm³/mol. The first-order valence-electron chi connectivity index (χ1n) is 6.50. The molecule has 0 aromatic heterocycles. The first-order chi connectivity index (χ1) is 8.69. The third kappa shape index (κ3) is 3.67. The first kappa shape index (κ1) is 13.8. The molecule has 0 saturated carbocycles. The van der Waals surface area contributed by atoms with Gasteiger partial charge < -0.3 is 5.32 Å². The molecule has 1 aliphatic rings. The van der Waals surface area contributed by atoms with Crippen LogP contribution in [0.1, 0.15) is 18.4 Å². The van der Waals surface area contributed by atoms with E-state index in [0.717, 1.165) is 37.7 Å². The molecule has 1 fully saturated rings. The third-order valence-corrected chi connectivity index (χ3v) is 3.96. The van der Waals surface area contributed by atoms with Gasteiger partial charge in [-0.15, -0.1) is 0 Å². The minimum absolute atomic E-state index is 0.267. The highest BCUT2D eigenvalue weighted by molar-refractivity contribution is 6.31. The minimum Gasteiger partial charge on any atom is -0.319 e. The van der Waals surface area contributed by atoms with Crippen LogP contribution < -0.4 is 5.32 Å². The van der Waals surface area contributed by atoms with Crippen LogP contribution in [0.2, 0.25) is 5.02 Å². The molecular weight excluding hydrogens is 251 g/mol. The molecule has 0 bridgehead atoms. The van der Waals surface area contributed by atoms with Gasteiger partial charge in [0.15, 0.2) is 0 Å². The average molecular weight is 271 g/mol. The van der Waals surface area contributed by atoms with Crippen molar-refractivity contribution in [3.8, 4) is 0 Å². The van der Waals surface area contributed by atoms with Gasteiger partial charge >= 0.3 is 0 Å². The lowest BCUT2D eigenvalue weighted by atomic mass is 9.96. The summed E-state index contributed by atoms with van der Waals surface area (Å²) >= 11 is 6.05. The van der Waals surface area contributed by atoms with E-state index in [9.17, 15) is 4.39 Å². The van der Waals surface area contributed by atoms with Crippen LogP contribution in [0.4, 0.5) is 4.39 Å². The van der Waals surface area contributed by atoms with Gasteiger partial charge in [0.1, 0.15) is 5.82 Å². The van der Waals surface area contributed by atoms with E-state index in [1.54, 1.807) is 6.07 Å². The molecule has 1 N–H and O–H groups in total. The highest BCUT2D eigenvalue weighted by Crippen LogP contribution is 2.22. The van der Waals surface area contributed by atoms with Gasteiger partial charge in [-0.2, -0.15) is 0 Å². The molecule has 0 radical (unpaired) electrons. The fourth-order valence-corrected chi connectivity index (χ4v) is 2.76. The summed E-state index contributed by atoms with van der Waals surface area (Å²) in [7, 11) is 2.00. The van der Waals surface area contributed by atoms with E-state index >= 15 is 0 Å². The van der Waals surface area contributed by atoms with E-state index in [4.69, 9.17) is 11.6 Å². The summed E-state index contributed by atoms with van der Waals surface area (Å²) in [6, 6.07) is 4.66. The summed E-state index contributed by atoms with van der Waals surface area (Å²) in [5.74, 6) is 0.520. The van der Waals surface area contributed by atoms with E-state index in [1.165, 1.54) is 25.0 Å². The Balaban J connectivity index is 1.87. The van der Waals surface area contributed by atoms with Crippen molar-refractivity contribution in [1.29, 1.82) is 0 Å². The monoisotopic (exact) mass is 270 g/mol. The largest absolute Gasteiger partial charge is 0.319 e. The normalized spacial score (nSPS) is 18.2. The molecule has 1 heterocycles. The molecule has 4 heteroatoms. The molecule has 0 aliphatic carbocycles. The van der Waals surface area contributed by atoms with Crippen LogP contribution in [-0.4, -0.2) is 31.6 Å². The standard InChI is InChI=1S/C14H20ClFN2/c1-17-9-11-4-6-18(7-5-11)10-12-2-3-13(16)8-14(12)15/h2-3,8,11,17H,4-7,9-10H2,1H3. The van der Waals surface area contributed by atoms with Crippen molar-refractivity contribution >= 4 is 11.6 Å². The summed E-state index contributed by atoms with van der Waals surface area (Å²) in [5, 5.41) is 3.77. The van der Waals surface area contributed by atoms with Gasteiger partial charge in [-0.05, 0) is 63.1 Å². The second-order valence-electron chi connectivity index (χ2n) is 5.01. The lowest BCUT2D eigenvalue weighted by Gasteiger charge is -2.32. The van der Waals surface area contributed by atoms with Crippen LogP contribution in [0.5, 0.6) is 0 Å². The van der Waals surface area contributed by atoms with E-state index in [2.05, 4.69) is 10.2 Å². The van der Waals surface area contributed by atoms with Gasteiger partial charge in [0.25, 0.3) is 0 Å². The molecule has 1 aliphatic heterocycles. The molecule has 1 aromatic carbocycles. The van der Waals surface area contributed by atoms with E-state index < -0.39 is 0 Å². The lowest BCUT2D eigenvalue weighted by molar-refractivity contribution is 0.177. The summed E-state index contributed by atoms with van der Waals surface area (Å²) in [4.78, 5) is 2.39. The summed E-state index contributed by atoms with van der Waals surface area (Å²) in [5.41, 5.74) is 1.02. The maximum atomic E-state index is 13.0. The zero-order valence-electron chi connectivity index (χ0n) is 10.8. The van der Waals surface area contributed by atoms with Crippen molar-refractivity contribution in [3.05, 3.63) is 34.6 Å². The number of benzene rings is 1. The Kier molecular flexibility index (Phi) is 4.98. The molecule has 0 unspecified atom stereocenters. The third-order valence-electron chi connectivity index (χ3n) is 3.61. The number of nitrogens with one attached hydrogen (secondary N) is 1. The second-order valence-corrected chi connectivity index (χ2v) is 5.42. The number of likely N-dealkylation sites (tertiary alicyclic amines) is 1. The van der Waals surface area contributed by atoms with Crippen molar-refractivity contribution < 1.29 is 4.39 Å². The van der Waals surface area contributed by atoms with Crippen LogP contribution in [0, 0.1) is 11.7 Å². The summed E-state index contributed by atoms with van der Waals surface area (Å²) in [6.45, 7) is 4.12. The fraction of sp³-hybridized carbons (Fsp3) is 0.571. The highest BCUT2D eigenvalue weighted by atomic mass is 35.5. The molecule has 100 valence electrons. The van der Waals surface area contributed by atoms with E-state index in [-0.39, 0.29) is 5.82 Å². The Morgan fingerprint density at radius 1 is 1.39 bits per heavy atom. The van der Waals surface area contributed by atoms with Crippen LogP contribution in [-0.2, 0) is 6.54 Å². The molecule has 1 saturated heterocycles. The van der Waals surface area contributed by atoms with Crippen LogP contribution in [0.3, 0.4) is 0 Å². The van der Waals surface area contributed by atoms with Crippen LogP contribution in [0.25, 0.3) is 0 Å². The van der Waals surface area contributed by atoms with Gasteiger partial charge in [-0.1, -0.05) is 17.7 Å². The minimum atomic E-state index is -0.267. The van der Waals surface area contributed by atoms with Crippen LogP contribution >= 0.6 is 11.6 Å². The molecule has 0 atom stereocenters. The first-order valence-corrected chi connectivity index (χ1v) is 6.87. The second kappa shape index (κ2) is 6.50. The van der Waals surface area contributed by atoms with Crippen molar-refractivity contribution in [2.24, 2.45) is 5.92 Å². The number of nitrogens with zero attached hydrogens (tertiary/aromatic N) is 1. The van der Waals surface area contributed by atoms with Crippen molar-refractivity contribution in [2.75, 3.05) is 26.7 Å². The van der Waals surface area contributed by atoms with Gasteiger partial charge in [-0.25, -0.2) is 4.39 Å². The fourth-order valence-electron chi connectivity index (χ4n) is 2.53. The smallest absolute Gasteiger partial charge is 0.124 e. The number of halogens is 2. The van der Waals surface area contributed by atoms with E-state index in [1.807, 2.05) is 7.05 Å². The van der Waals surface area contributed by atoms with Crippen molar-refractivity contribution in [1.82, 2.24) is 10.2 Å². The van der Waals surface area contributed by atoms with Crippen LogP contribution in [0.15, 0.2) is 18.2 Å². The summed E-state index contributed by atoms with van der Waals surface area (Å²) in [6.07, 6.45) is 2.44. The number of piperidine rings is 1. The molecule has 18 heavy (non-hydrogen) atoms. The Morgan fingerprint density at radius 2 is 2.11 bits per heavy atom. The number of hydrogen-bond donors (Lipinski definition) is 1. The van der Waals surface area contributed by atoms with Gasteiger partial charge in [0.05, 0.1) is 0 Å². The molecule has 0 amide bonds. The van der Waals surface area contributed by atoms with Gasteiger partial charge in [0, 0.05) is 11.6 Å². The summed E-state index contributed by atoms with van der Waals surface area (Å²) < 4.78 is 13.0. The number of rotatable bonds is 4. The van der Waals surface area contributed by atoms with E-state index in [0.29, 0.717) is 5.02 Å². The molecule has 0 spiro atoms. The average Bonchev–Trinajstić information content (AvgIpc) is 2.35. The topological polar surface area (TPSA) is 15.3 Å². The zero-order chi connectivity index (χ0) is 13.0. The Hall–Kier alpha value is -0.640. The zero-order valence-corrected chi connectivity index (χ0v) is 11.5. The predicted octanol–water partition coefficient (Wildman–Crippen LogP) is 2.91. The molecular formula is C14H20ClFN2. The maximum Gasteiger partial charge on any atom is 0.124 e. The maximum absolute atomic E-state index is 13.0. The van der Waals surface area contributed by atoms with Crippen molar-refractivity contribution in [3.63, 3.8) is 0 Å². The van der Waals surface area contributed by atoms with Gasteiger partial charge in [-0.3, -0.25) is 4.90 Å². The molecule has 2 nitrogen and oxygen atoms in total. The SMILES string of the molecule is CNCC1CCN(Cc2ccc(F)cc2Cl)CC1. The molecule has 2 rings (SSSR count). The lowest BCUT2D eigenvalue weighted by Crippen LogP contribution is -2.36. The highest BCUT2D eigenvalue weighted by Gasteiger charge is 2.19. The quantitative estimate of drug-likeness (QED) is 0.905. The van der Waals surface area contributed by atoms with Crippen molar-refractivity contribution in [2.45, 2.75) is 19.4 Å².